The number of aryl methyl sites for hydroxylation is 1. The number of aromatic nitrogens is 1. The van der Waals surface area contributed by atoms with Gasteiger partial charge in [0.15, 0.2) is 0 Å². The second kappa shape index (κ2) is 5.75. The van der Waals surface area contributed by atoms with Gasteiger partial charge in [0.25, 0.3) is 0 Å². The van der Waals surface area contributed by atoms with Crippen LogP contribution >= 0.6 is 0 Å². The maximum Gasteiger partial charge on any atom is 0.215 e. The van der Waals surface area contributed by atoms with Crippen molar-refractivity contribution in [3.63, 3.8) is 0 Å². The molecule has 0 aliphatic carbocycles. The standard InChI is InChI=1S/C14H22N2O3/c1-11-8-12(16-4-6-18-7-5-16)15-13(9-11)19-10-14(2,3)17/h8-9,17H,4-7,10H2,1-3H3. The molecule has 1 aliphatic heterocycles. The van der Waals surface area contributed by atoms with Gasteiger partial charge < -0.3 is 19.5 Å². The fourth-order valence-electron chi connectivity index (χ4n) is 1.90. The van der Waals surface area contributed by atoms with Crippen molar-refractivity contribution in [3.05, 3.63) is 17.7 Å². The van der Waals surface area contributed by atoms with E-state index in [-0.39, 0.29) is 6.61 Å². The van der Waals surface area contributed by atoms with Gasteiger partial charge in [-0.25, -0.2) is 0 Å². The van der Waals surface area contributed by atoms with Crippen LogP contribution in [0.4, 0.5) is 5.82 Å². The zero-order chi connectivity index (χ0) is 13.9. The minimum atomic E-state index is -0.857. The molecule has 5 nitrogen and oxygen atoms in total. The van der Waals surface area contributed by atoms with E-state index in [1.807, 2.05) is 19.1 Å². The third kappa shape index (κ3) is 4.36. The zero-order valence-electron chi connectivity index (χ0n) is 11.8. The molecule has 1 N–H and O–H groups in total. The summed E-state index contributed by atoms with van der Waals surface area (Å²) in [5.41, 5.74) is 0.243. The fraction of sp³-hybridized carbons (Fsp3) is 0.643. The van der Waals surface area contributed by atoms with Crippen molar-refractivity contribution in [2.24, 2.45) is 0 Å². The summed E-state index contributed by atoms with van der Waals surface area (Å²) in [6, 6.07) is 3.93. The van der Waals surface area contributed by atoms with Gasteiger partial charge in [0.2, 0.25) is 5.88 Å². The molecule has 0 amide bonds. The van der Waals surface area contributed by atoms with E-state index < -0.39 is 5.60 Å². The Morgan fingerprint density at radius 1 is 1.37 bits per heavy atom. The Labute approximate surface area is 114 Å². The number of pyridine rings is 1. The molecule has 0 spiro atoms. The van der Waals surface area contributed by atoms with E-state index in [9.17, 15) is 5.11 Å². The van der Waals surface area contributed by atoms with Gasteiger partial charge in [-0.15, -0.1) is 0 Å². The molecule has 0 radical (unpaired) electrons. The molecular weight excluding hydrogens is 244 g/mol. The lowest BCUT2D eigenvalue weighted by Crippen LogP contribution is -2.36. The minimum absolute atomic E-state index is 0.228. The highest BCUT2D eigenvalue weighted by molar-refractivity contribution is 5.44. The first-order chi connectivity index (χ1) is 8.94. The summed E-state index contributed by atoms with van der Waals surface area (Å²) in [4.78, 5) is 6.69. The first-order valence-corrected chi connectivity index (χ1v) is 6.61. The Bertz CT molecular complexity index is 423. The third-order valence-corrected chi connectivity index (χ3v) is 2.84. The van der Waals surface area contributed by atoms with Gasteiger partial charge in [-0.3, -0.25) is 0 Å². The Balaban J connectivity index is 2.10. The summed E-state index contributed by atoms with van der Waals surface area (Å²) in [6.07, 6.45) is 0. The Morgan fingerprint density at radius 2 is 2.05 bits per heavy atom. The van der Waals surface area contributed by atoms with Crippen LogP contribution in [0.3, 0.4) is 0 Å². The maximum atomic E-state index is 9.69. The van der Waals surface area contributed by atoms with Gasteiger partial charge in [0, 0.05) is 19.2 Å². The number of aliphatic hydroxyl groups is 1. The predicted molar refractivity (Wildman–Crippen MR) is 73.8 cm³/mol. The van der Waals surface area contributed by atoms with Crippen molar-refractivity contribution in [3.8, 4) is 5.88 Å². The normalized spacial score (nSPS) is 16.5. The van der Waals surface area contributed by atoms with Crippen molar-refractivity contribution in [2.45, 2.75) is 26.4 Å². The smallest absolute Gasteiger partial charge is 0.215 e. The molecule has 1 aliphatic rings. The highest BCUT2D eigenvalue weighted by Crippen LogP contribution is 2.20. The number of rotatable bonds is 4. The molecular formula is C14H22N2O3. The van der Waals surface area contributed by atoms with Crippen molar-refractivity contribution in [1.29, 1.82) is 0 Å². The van der Waals surface area contributed by atoms with Gasteiger partial charge in [-0.2, -0.15) is 4.98 Å². The SMILES string of the molecule is Cc1cc(OCC(C)(C)O)nc(N2CCOCC2)c1. The lowest BCUT2D eigenvalue weighted by molar-refractivity contribution is 0.0268. The fourth-order valence-corrected chi connectivity index (χ4v) is 1.90. The number of morpholine rings is 1. The van der Waals surface area contributed by atoms with Crippen LogP contribution < -0.4 is 9.64 Å². The molecule has 1 aromatic rings. The van der Waals surface area contributed by atoms with Crippen LogP contribution in [0.2, 0.25) is 0 Å². The van der Waals surface area contributed by atoms with E-state index in [1.54, 1.807) is 13.8 Å². The van der Waals surface area contributed by atoms with E-state index >= 15 is 0 Å². The summed E-state index contributed by atoms with van der Waals surface area (Å²) >= 11 is 0. The first-order valence-electron chi connectivity index (χ1n) is 6.61. The van der Waals surface area contributed by atoms with Crippen molar-refractivity contribution in [2.75, 3.05) is 37.8 Å². The molecule has 5 heteroatoms. The highest BCUT2D eigenvalue weighted by Gasteiger charge is 2.16. The number of hydrogen-bond donors (Lipinski definition) is 1. The van der Waals surface area contributed by atoms with E-state index in [0.717, 1.165) is 37.7 Å². The molecule has 0 atom stereocenters. The number of hydrogen-bond acceptors (Lipinski definition) is 5. The van der Waals surface area contributed by atoms with Gasteiger partial charge in [0.1, 0.15) is 12.4 Å². The van der Waals surface area contributed by atoms with Gasteiger partial charge in [-0.05, 0) is 32.4 Å². The van der Waals surface area contributed by atoms with Crippen LogP contribution in [0.25, 0.3) is 0 Å². The molecule has 19 heavy (non-hydrogen) atoms. The molecule has 0 saturated carbocycles. The monoisotopic (exact) mass is 266 g/mol. The van der Waals surface area contributed by atoms with E-state index in [1.165, 1.54) is 0 Å². The topological polar surface area (TPSA) is 54.8 Å². The summed E-state index contributed by atoms with van der Waals surface area (Å²) in [7, 11) is 0. The summed E-state index contributed by atoms with van der Waals surface area (Å²) < 4.78 is 10.9. The molecule has 1 aromatic heterocycles. The zero-order valence-corrected chi connectivity index (χ0v) is 11.8. The average Bonchev–Trinajstić information content (AvgIpc) is 2.36. The first kappa shape index (κ1) is 14.1. The molecule has 2 rings (SSSR count). The van der Waals surface area contributed by atoms with Crippen molar-refractivity contribution in [1.82, 2.24) is 4.98 Å². The predicted octanol–water partition coefficient (Wildman–Crippen LogP) is 1.38. The lowest BCUT2D eigenvalue weighted by atomic mass is 10.2. The summed E-state index contributed by atoms with van der Waals surface area (Å²) in [5, 5.41) is 9.69. The van der Waals surface area contributed by atoms with E-state index in [4.69, 9.17) is 9.47 Å². The Morgan fingerprint density at radius 3 is 2.68 bits per heavy atom. The average molecular weight is 266 g/mol. The molecule has 2 heterocycles. The number of nitrogens with zero attached hydrogens (tertiary/aromatic N) is 2. The van der Waals surface area contributed by atoms with E-state index in [0.29, 0.717) is 5.88 Å². The Kier molecular flexibility index (Phi) is 4.27. The summed E-state index contributed by atoms with van der Waals surface area (Å²) in [5.74, 6) is 1.47. The quantitative estimate of drug-likeness (QED) is 0.892. The lowest BCUT2D eigenvalue weighted by Gasteiger charge is -2.28. The minimum Gasteiger partial charge on any atom is -0.475 e. The second-order valence-corrected chi connectivity index (χ2v) is 5.54. The second-order valence-electron chi connectivity index (χ2n) is 5.54. The third-order valence-electron chi connectivity index (χ3n) is 2.84. The Hall–Kier alpha value is -1.33. The molecule has 1 saturated heterocycles. The molecule has 0 bridgehead atoms. The van der Waals surface area contributed by atoms with Crippen LogP contribution in [0.1, 0.15) is 19.4 Å². The molecule has 0 aromatic carbocycles. The van der Waals surface area contributed by atoms with Crippen LogP contribution in [0.5, 0.6) is 5.88 Å². The van der Waals surface area contributed by atoms with Gasteiger partial charge >= 0.3 is 0 Å². The molecule has 0 unspecified atom stereocenters. The van der Waals surface area contributed by atoms with Crippen LogP contribution in [-0.4, -0.2) is 48.6 Å². The van der Waals surface area contributed by atoms with Gasteiger partial charge in [0.05, 0.1) is 18.8 Å². The van der Waals surface area contributed by atoms with E-state index in [2.05, 4.69) is 9.88 Å². The van der Waals surface area contributed by atoms with Crippen molar-refractivity contribution >= 4 is 5.82 Å². The van der Waals surface area contributed by atoms with Crippen LogP contribution in [-0.2, 0) is 4.74 Å². The number of ether oxygens (including phenoxy) is 2. The molecule has 106 valence electrons. The molecule has 1 fully saturated rings. The van der Waals surface area contributed by atoms with Crippen molar-refractivity contribution < 1.29 is 14.6 Å². The number of anilines is 1. The maximum absolute atomic E-state index is 9.69. The van der Waals surface area contributed by atoms with Gasteiger partial charge in [-0.1, -0.05) is 0 Å². The largest absolute Gasteiger partial charge is 0.475 e. The highest BCUT2D eigenvalue weighted by atomic mass is 16.5. The van der Waals surface area contributed by atoms with Crippen LogP contribution in [0.15, 0.2) is 12.1 Å². The van der Waals surface area contributed by atoms with Crippen LogP contribution in [0, 0.1) is 6.92 Å². The summed E-state index contributed by atoms with van der Waals surface area (Å²) in [6.45, 7) is 8.83.